The molecule has 1 aliphatic carbocycles. The molecule has 0 aromatic carbocycles. The zero-order chi connectivity index (χ0) is 12.2. The van der Waals surface area contributed by atoms with Crippen LogP contribution < -0.4 is 5.32 Å². The second-order valence-corrected chi connectivity index (χ2v) is 7.82. The highest BCUT2D eigenvalue weighted by Crippen LogP contribution is 2.26. The molecule has 1 atom stereocenters. The van der Waals surface area contributed by atoms with Gasteiger partial charge in [-0.05, 0) is 25.7 Å². The van der Waals surface area contributed by atoms with Crippen molar-refractivity contribution in [2.75, 3.05) is 12.3 Å². The lowest BCUT2D eigenvalue weighted by molar-refractivity contribution is 0.531. The molecule has 0 spiro atoms. The number of nitrogens with one attached hydrogen (secondary N) is 1. The van der Waals surface area contributed by atoms with Crippen LogP contribution in [0.2, 0.25) is 0 Å². The minimum Gasteiger partial charge on any atom is -0.313 e. The van der Waals surface area contributed by atoms with Gasteiger partial charge in [-0.3, -0.25) is 0 Å². The van der Waals surface area contributed by atoms with E-state index in [2.05, 4.69) is 5.32 Å². The van der Waals surface area contributed by atoms with E-state index in [0.29, 0.717) is 24.3 Å². The predicted molar refractivity (Wildman–Crippen MR) is 68.3 cm³/mol. The Morgan fingerprint density at radius 2 is 1.75 bits per heavy atom. The van der Waals surface area contributed by atoms with Crippen LogP contribution in [0.3, 0.4) is 0 Å². The third-order valence-electron chi connectivity index (χ3n) is 3.37. The lowest BCUT2D eigenvalue weighted by Gasteiger charge is -2.18. The summed E-state index contributed by atoms with van der Waals surface area (Å²) in [4.78, 5) is 0. The Morgan fingerprint density at radius 1 is 1.19 bits per heavy atom. The first-order valence-corrected chi connectivity index (χ1v) is 8.08. The van der Waals surface area contributed by atoms with Crippen molar-refractivity contribution in [3.05, 3.63) is 0 Å². The molecule has 0 heterocycles. The molecule has 0 saturated heterocycles. The molecule has 0 aliphatic heterocycles. The quantitative estimate of drug-likeness (QED) is 0.780. The SMILES string of the molecule is CC(C)NCC(C)S(=O)(=O)CC1CCCC1. The second-order valence-electron chi connectivity index (χ2n) is 5.35. The van der Waals surface area contributed by atoms with Gasteiger partial charge >= 0.3 is 0 Å². The smallest absolute Gasteiger partial charge is 0.154 e. The molecule has 1 aliphatic rings. The molecule has 1 N–H and O–H groups in total. The molecule has 3 nitrogen and oxygen atoms in total. The van der Waals surface area contributed by atoms with E-state index in [9.17, 15) is 8.42 Å². The average Bonchev–Trinajstić information content (AvgIpc) is 2.65. The summed E-state index contributed by atoms with van der Waals surface area (Å²) in [6, 6.07) is 0.351. The van der Waals surface area contributed by atoms with Crippen molar-refractivity contribution in [1.29, 1.82) is 0 Å². The van der Waals surface area contributed by atoms with Crippen molar-refractivity contribution in [3.8, 4) is 0 Å². The molecule has 16 heavy (non-hydrogen) atoms. The van der Waals surface area contributed by atoms with Crippen LogP contribution in [0.1, 0.15) is 46.5 Å². The van der Waals surface area contributed by atoms with Gasteiger partial charge in [-0.1, -0.05) is 26.7 Å². The minimum atomic E-state index is -2.90. The first kappa shape index (κ1) is 14.0. The van der Waals surface area contributed by atoms with Crippen LogP contribution in [0, 0.1) is 5.92 Å². The molecule has 1 rings (SSSR count). The summed E-state index contributed by atoms with van der Waals surface area (Å²) in [6.45, 7) is 6.47. The largest absolute Gasteiger partial charge is 0.313 e. The van der Waals surface area contributed by atoms with E-state index in [0.717, 1.165) is 12.8 Å². The molecule has 0 radical (unpaired) electrons. The molecule has 4 heteroatoms. The summed E-state index contributed by atoms with van der Waals surface area (Å²) in [6.07, 6.45) is 4.62. The zero-order valence-corrected chi connectivity index (χ0v) is 11.5. The van der Waals surface area contributed by atoms with Crippen LogP contribution in [-0.4, -0.2) is 32.0 Å². The molecule has 1 unspecified atom stereocenters. The number of hydrogen-bond acceptors (Lipinski definition) is 3. The van der Waals surface area contributed by atoms with Gasteiger partial charge in [0.1, 0.15) is 0 Å². The molecule has 0 aromatic heterocycles. The summed E-state index contributed by atoms with van der Waals surface area (Å²) in [5.74, 6) is 0.819. The highest BCUT2D eigenvalue weighted by atomic mass is 32.2. The first-order chi connectivity index (χ1) is 7.42. The van der Waals surface area contributed by atoms with E-state index < -0.39 is 9.84 Å². The van der Waals surface area contributed by atoms with Crippen LogP contribution >= 0.6 is 0 Å². The maximum absolute atomic E-state index is 12.1. The van der Waals surface area contributed by atoms with Gasteiger partial charge in [-0.25, -0.2) is 8.42 Å². The number of sulfone groups is 1. The van der Waals surface area contributed by atoms with Gasteiger partial charge in [0.05, 0.1) is 11.0 Å². The molecule has 1 fully saturated rings. The van der Waals surface area contributed by atoms with Gasteiger partial charge in [0.25, 0.3) is 0 Å². The monoisotopic (exact) mass is 247 g/mol. The van der Waals surface area contributed by atoms with Crippen molar-refractivity contribution in [1.82, 2.24) is 5.32 Å². The van der Waals surface area contributed by atoms with Crippen LogP contribution in [0.15, 0.2) is 0 Å². The molecule has 1 saturated carbocycles. The Morgan fingerprint density at radius 3 is 2.25 bits per heavy atom. The highest BCUT2D eigenvalue weighted by molar-refractivity contribution is 7.92. The van der Waals surface area contributed by atoms with E-state index in [1.165, 1.54) is 12.8 Å². The summed E-state index contributed by atoms with van der Waals surface area (Å²) in [5.41, 5.74) is 0. The van der Waals surface area contributed by atoms with Gasteiger partial charge in [0.2, 0.25) is 0 Å². The normalized spacial score (nSPS) is 20.5. The topological polar surface area (TPSA) is 46.2 Å². The predicted octanol–water partition coefficient (Wildman–Crippen LogP) is 1.98. The highest BCUT2D eigenvalue weighted by Gasteiger charge is 2.26. The van der Waals surface area contributed by atoms with Gasteiger partial charge in [-0.2, -0.15) is 0 Å². The van der Waals surface area contributed by atoms with Crippen molar-refractivity contribution < 1.29 is 8.42 Å². The van der Waals surface area contributed by atoms with Gasteiger partial charge < -0.3 is 5.32 Å². The summed E-state index contributed by atoms with van der Waals surface area (Å²) in [5, 5.41) is 2.94. The fourth-order valence-electron chi connectivity index (χ4n) is 2.20. The average molecular weight is 247 g/mol. The molecule has 0 amide bonds. The van der Waals surface area contributed by atoms with Crippen LogP contribution in [0.25, 0.3) is 0 Å². The molecule has 96 valence electrons. The van der Waals surface area contributed by atoms with Crippen molar-refractivity contribution in [2.45, 2.75) is 57.7 Å². The fraction of sp³-hybridized carbons (Fsp3) is 1.00. The summed E-state index contributed by atoms with van der Waals surface area (Å²) < 4.78 is 24.1. The minimum absolute atomic E-state index is 0.254. The lowest BCUT2D eigenvalue weighted by atomic mass is 10.1. The lowest BCUT2D eigenvalue weighted by Crippen LogP contribution is -2.36. The van der Waals surface area contributed by atoms with Crippen LogP contribution in [0.4, 0.5) is 0 Å². The summed E-state index contributed by atoms with van der Waals surface area (Å²) in [7, 11) is -2.90. The van der Waals surface area contributed by atoms with E-state index in [4.69, 9.17) is 0 Å². The third-order valence-corrected chi connectivity index (χ3v) is 5.70. The van der Waals surface area contributed by atoms with E-state index >= 15 is 0 Å². The first-order valence-electron chi connectivity index (χ1n) is 6.36. The van der Waals surface area contributed by atoms with Gasteiger partial charge in [0.15, 0.2) is 9.84 Å². The third kappa shape index (κ3) is 4.42. The van der Waals surface area contributed by atoms with E-state index in [-0.39, 0.29) is 5.25 Å². The molecular formula is C12H25NO2S. The number of hydrogen-bond donors (Lipinski definition) is 1. The standard InChI is InChI=1S/C12H25NO2S/c1-10(2)13-8-11(3)16(14,15)9-12-6-4-5-7-12/h10-13H,4-9H2,1-3H3. The van der Waals surface area contributed by atoms with Crippen molar-refractivity contribution in [3.63, 3.8) is 0 Å². The Bertz CT molecular complexity index is 292. The zero-order valence-electron chi connectivity index (χ0n) is 10.7. The van der Waals surface area contributed by atoms with E-state index in [1.807, 2.05) is 20.8 Å². The Labute approximate surface area is 99.9 Å². The molecule has 0 bridgehead atoms. The number of rotatable bonds is 6. The molecule has 0 aromatic rings. The molecular weight excluding hydrogens is 222 g/mol. The summed E-state index contributed by atoms with van der Waals surface area (Å²) >= 11 is 0. The van der Waals surface area contributed by atoms with Crippen molar-refractivity contribution in [2.24, 2.45) is 5.92 Å². The van der Waals surface area contributed by atoms with Gasteiger partial charge in [-0.15, -0.1) is 0 Å². The van der Waals surface area contributed by atoms with Crippen molar-refractivity contribution >= 4 is 9.84 Å². The van der Waals surface area contributed by atoms with Gasteiger partial charge in [0, 0.05) is 12.6 Å². The Balaban J connectivity index is 2.42. The van der Waals surface area contributed by atoms with Crippen LogP contribution in [0.5, 0.6) is 0 Å². The second kappa shape index (κ2) is 6.01. The Kier molecular flexibility index (Phi) is 5.25. The maximum Gasteiger partial charge on any atom is 0.154 e. The fourth-order valence-corrected chi connectivity index (χ4v) is 3.87. The Hall–Kier alpha value is -0.0900. The van der Waals surface area contributed by atoms with Crippen LogP contribution in [-0.2, 0) is 9.84 Å². The van der Waals surface area contributed by atoms with E-state index in [1.54, 1.807) is 0 Å². The maximum atomic E-state index is 12.1.